The van der Waals surface area contributed by atoms with Gasteiger partial charge in [0.15, 0.2) is 0 Å². The second-order valence-corrected chi connectivity index (χ2v) is 8.26. The molecule has 1 aromatic heterocycles. The molecule has 19 heavy (non-hydrogen) atoms. The van der Waals surface area contributed by atoms with Crippen LogP contribution in [0, 0.1) is 5.41 Å². The Bertz CT molecular complexity index is 545. The molecule has 1 rings (SSSR count). The molecule has 1 aromatic rings. The fourth-order valence-corrected chi connectivity index (χ4v) is 3.91. The molecule has 108 valence electrons. The largest absolute Gasteiger partial charge is 0.383 e. The third-order valence-corrected chi connectivity index (χ3v) is 4.22. The molecule has 0 bridgehead atoms. The first-order chi connectivity index (χ1) is 8.43. The minimum absolute atomic E-state index is 0.0153. The first-order valence-corrected chi connectivity index (χ1v) is 7.66. The van der Waals surface area contributed by atoms with Crippen molar-refractivity contribution in [1.29, 1.82) is 0 Å². The average molecular weight is 285 g/mol. The van der Waals surface area contributed by atoms with E-state index in [0.29, 0.717) is 6.42 Å². The first-order valence-electron chi connectivity index (χ1n) is 6.17. The quantitative estimate of drug-likeness (QED) is 0.887. The Hall–Kier alpha value is -1.14. The third-order valence-electron chi connectivity index (χ3n) is 2.47. The van der Waals surface area contributed by atoms with Crippen LogP contribution in [0.3, 0.4) is 0 Å². The van der Waals surface area contributed by atoms with Crippen LogP contribution in [-0.4, -0.2) is 18.9 Å². The lowest BCUT2D eigenvalue weighted by atomic mass is 9.82. The van der Waals surface area contributed by atoms with Crippen molar-refractivity contribution in [2.75, 3.05) is 5.73 Å². The van der Waals surface area contributed by atoms with Gasteiger partial charge in [0.05, 0.1) is 0 Å². The van der Waals surface area contributed by atoms with Gasteiger partial charge in [-0.25, -0.2) is 18.1 Å². The highest BCUT2D eigenvalue weighted by atomic mass is 32.2. The Balaban J connectivity index is 3.01. The maximum Gasteiger partial charge on any atom is 0.244 e. The molecule has 6 heteroatoms. The van der Waals surface area contributed by atoms with Gasteiger partial charge in [-0.1, -0.05) is 20.8 Å². The molecule has 0 aliphatic carbocycles. The molecule has 1 heterocycles. The van der Waals surface area contributed by atoms with Crippen molar-refractivity contribution in [2.24, 2.45) is 5.41 Å². The van der Waals surface area contributed by atoms with Gasteiger partial charge in [0.2, 0.25) is 10.0 Å². The molecule has 0 radical (unpaired) electrons. The van der Waals surface area contributed by atoms with Crippen LogP contribution < -0.4 is 10.5 Å². The van der Waals surface area contributed by atoms with Crippen LogP contribution in [0.15, 0.2) is 23.2 Å². The summed E-state index contributed by atoms with van der Waals surface area (Å²) in [6.45, 7) is 9.94. The van der Waals surface area contributed by atoms with Crippen molar-refractivity contribution in [3.8, 4) is 0 Å². The molecule has 0 spiro atoms. The van der Waals surface area contributed by atoms with Gasteiger partial charge in [0, 0.05) is 11.7 Å². The smallest absolute Gasteiger partial charge is 0.244 e. The first kappa shape index (κ1) is 15.9. The number of rotatable bonds is 4. The number of nitrogen functional groups attached to an aromatic ring is 1. The molecule has 0 saturated heterocycles. The van der Waals surface area contributed by atoms with Crippen molar-refractivity contribution in [3.05, 3.63) is 18.3 Å². The molecule has 0 aliphatic heterocycles. The van der Waals surface area contributed by atoms with Gasteiger partial charge in [0.1, 0.15) is 10.7 Å². The second kappa shape index (κ2) is 5.09. The third kappa shape index (κ3) is 4.80. The minimum atomic E-state index is -3.66. The van der Waals surface area contributed by atoms with Crippen molar-refractivity contribution in [3.63, 3.8) is 0 Å². The standard InChI is InChI=1S/C13H23N3O2S/c1-12(2,3)9-13(4,5)16-19(17,18)10-7-6-8-15-11(10)14/h6-8,16H,9H2,1-5H3,(H2,14,15). The molecule has 0 unspecified atom stereocenters. The zero-order valence-corrected chi connectivity index (χ0v) is 13.0. The highest BCUT2D eigenvalue weighted by Gasteiger charge is 2.31. The lowest BCUT2D eigenvalue weighted by Gasteiger charge is -2.33. The van der Waals surface area contributed by atoms with Crippen molar-refractivity contribution < 1.29 is 8.42 Å². The maximum absolute atomic E-state index is 12.3. The van der Waals surface area contributed by atoms with E-state index in [0.717, 1.165) is 0 Å². The molecule has 0 aromatic carbocycles. The minimum Gasteiger partial charge on any atom is -0.383 e. The lowest BCUT2D eigenvalue weighted by molar-refractivity contribution is 0.269. The molecular weight excluding hydrogens is 262 g/mol. The molecule has 0 aliphatic rings. The van der Waals surface area contributed by atoms with E-state index < -0.39 is 15.6 Å². The summed E-state index contributed by atoms with van der Waals surface area (Å²) in [6, 6.07) is 3.01. The maximum atomic E-state index is 12.3. The van der Waals surface area contributed by atoms with E-state index in [4.69, 9.17) is 5.73 Å². The van der Waals surface area contributed by atoms with Gasteiger partial charge in [-0.3, -0.25) is 0 Å². The molecule has 0 amide bonds. The van der Waals surface area contributed by atoms with E-state index in [1.807, 2.05) is 13.8 Å². The Labute approximate surface area is 115 Å². The van der Waals surface area contributed by atoms with E-state index in [1.54, 1.807) is 6.07 Å². The second-order valence-electron chi connectivity index (χ2n) is 6.61. The van der Waals surface area contributed by atoms with E-state index >= 15 is 0 Å². The van der Waals surface area contributed by atoms with Gasteiger partial charge in [-0.15, -0.1) is 0 Å². The van der Waals surface area contributed by atoms with Gasteiger partial charge in [-0.05, 0) is 37.8 Å². The number of aromatic nitrogens is 1. The lowest BCUT2D eigenvalue weighted by Crippen LogP contribution is -2.45. The fourth-order valence-electron chi connectivity index (χ4n) is 2.41. The van der Waals surface area contributed by atoms with Crippen molar-refractivity contribution >= 4 is 15.8 Å². The summed E-state index contributed by atoms with van der Waals surface area (Å²) in [5.74, 6) is 0.0153. The predicted molar refractivity (Wildman–Crippen MR) is 77.1 cm³/mol. The van der Waals surface area contributed by atoms with Crippen LogP contribution in [0.1, 0.15) is 41.0 Å². The van der Waals surface area contributed by atoms with Gasteiger partial charge in [-0.2, -0.15) is 0 Å². The predicted octanol–water partition coefficient (Wildman–Crippen LogP) is 2.16. The van der Waals surface area contributed by atoms with Crippen LogP contribution in [-0.2, 0) is 10.0 Å². The van der Waals surface area contributed by atoms with Crippen LogP contribution in [0.4, 0.5) is 5.82 Å². The molecule has 0 saturated carbocycles. The van der Waals surface area contributed by atoms with Crippen LogP contribution in [0.25, 0.3) is 0 Å². The van der Waals surface area contributed by atoms with E-state index in [1.165, 1.54) is 12.3 Å². The zero-order valence-electron chi connectivity index (χ0n) is 12.2. The van der Waals surface area contributed by atoms with E-state index in [2.05, 4.69) is 30.5 Å². The summed E-state index contributed by atoms with van der Waals surface area (Å²) in [7, 11) is -3.66. The Kier molecular flexibility index (Phi) is 4.27. The molecule has 0 fully saturated rings. The Morgan fingerprint density at radius 2 is 1.84 bits per heavy atom. The highest BCUT2D eigenvalue weighted by Crippen LogP contribution is 2.28. The van der Waals surface area contributed by atoms with Crippen molar-refractivity contribution in [1.82, 2.24) is 9.71 Å². The summed E-state index contributed by atoms with van der Waals surface area (Å²) in [6.07, 6.45) is 2.17. The van der Waals surface area contributed by atoms with Gasteiger partial charge >= 0.3 is 0 Å². The number of hydrogen-bond donors (Lipinski definition) is 2. The summed E-state index contributed by atoms with van der Waals surface area (Å²) in [4.78, 5) is 3.83. The van der Waals surface area contributed by atoms with Gasteiger partial charge < -0.3 is 5.73 Å². The van der Waals surface area contributed by atoms with E-state index in [-0.39, 0.29) is 16.1 Å². The fraction of sp³-hybridized carbons (Fsp3) is 0.615. The number of sulfonamides is 1. The molecule has 3 N–H and O–H groups in total. The van der Waals surface area contributed by atoms with Crippen LogP contribution >= 0.6 is 0 Å². The number of nitrogens with two attached hydrogens (primary N) is 1. The zero-order chi connectivity index (χ0) is 14.9. The summed E-state index contributed by atoms with van der Waals surface area (Å²) < 4.78 is 27.3. The average Bonchev–Trinajstić information content (AvgIpc) is 2.11. The molecule has 5 nitrogen and oxygen atoms in total. The van der Waals surface area contributed by atoms with Gasteiger partial charge in [0.25, 0.3) is 0 Å². The van der Waals surface area contributed by atoms with Crippen LogP contribution in [0.2, 0.25) is 0 Å². The Morgan fingerprint density at radius 3 is 2.32 bits per heavy atom. The highest BCUT2D eigenvalue weighted by molar-refractivity contribution is 7.89. The number of nitrogens with one attached hydrogen (secondary N) is 1. The monoisotopic (exact) mass is 285 g/mol. The number of anilines is 1. The Morgan fingerprint density at radius 1 is 1.26 bits per heavy atom. The van der Waals surface area contributed by atoms with E-state index in [9.17, 15) is 8.42 Å². The number of hydrogen-bond acceptors (Lipinski definition) is 4. The molecule has 0 atom stereocenters. The normalized spacial score (nSPS) is 13.5. The summed E-state index contributed by atoms with van der Waals surface area (Å²) in [5.41, 5.74) is 5.09. The summed E-state index contributed by atoms with van der Waals surface area (Å²) >= 11 is 0. The summed E-state index contributed by atoms with van der Waals surface area (Å²) in [5, 5.41) is 0. The van der Waals surface area contributed by atoms with Crippen LogP contribution in [0.5, 0.6) is 0 Å². The number of pyridine rings is 1. The van der Waals surface area contributed by atoms with Crippen molar-refractivity contribution in [2.45, 2.75) is 51.5 Å². The number of nitrogens with zero attached hydrogens (tertiary/aromatic N) is 1. The SMILES string of the molecule is CC(C)(C)CC(C)(C)NS(=O)(=O)c1cccnc1N. The topological polar surface area (TPSA) is 85.1 Å². The molecular formula is C13H23N3O2S.